The van der Waals surface area contributed by atoms with Gasteiger partial charge in [-0.3, -0.25) is 0 Å². The van der Waals surface area contributed by atoms with Gasteiger partial charge in [-0.25, -0.2) is 4.57 Å². The molecule has 1 aromatic heterocycles. The first-order valence-electron chi connectivity index (χ1n) is 11.2. The summed E-state index contributed by atoms with van der Waals surface area (Å²) in [7, 11) is 2.19. The molecule has 4 aromatic rings. The molecule has 0 saturated carbocycles. The average Bonchev–Trinajstić information content (AvgIpc) is 2.99. The number of aryl methyl sites for hydroxylation is 2. The molecule has 0 unspecified atom stereocenters. The topological polar surface area (TPSA) is 8.81 Å². The van der Waals surface area contributed by atoms with Crippen LogP contribution in [-0.2, 0) is 17.9 Å². The molecule has 2 nitrogen and oxygen atoms in total. The molecule has 1 heterocycles. The lowest BCUT2D eigenvalue weighted by Gasteiger charge is -2.28. The van der Waals surface area contributed by atoms with Crippen molar-refractivity contribution in [1.29, 1.82) is 0 Å². The Morgan fingerprint density at radius 1 is 0.677 bits per heavy atom. The summed E-state index contributed by atoms with van der Waals surface area (Å²) in [6, 6.07) is 24.3. The van der Waals surface area contributed by atoms with Gasteiger partial charge in [0.05, 0.1) is 12.6 Å². The van der Waals surface area contributed by atoms with Crippen LogP contribution in [0.4, 0.5) is 0 Å². The SMILES string of the molecule is Cc1ccccc1-c1n(-c2c(C(C)(C)C)cccc2C(C)(C)C)c2ccccc2[n+]1C. The smallest absolute Gasteiger partial charge is 0.225 e. The Labute approximate surface area is 187 Å². The number of aromatic nitrogens is 2. The van der Waals surface area contributed by atoms with E-state index >= 15 is 0 Å². The quantitative estimate of drug-likeness (QED) is 0.313. The number of para-hydroxylation sites is 3. The van der Waals surface area contributed by atoms with Gasteiger partial charge < -0.3 is 0 Å². The lowest BCUT2D eigenvalue weighted by atomic mass is 9.78. The fourth-order valence-electron chi connectivity index (χ4n) is 4.66. The van der Waals surface area contributed by atoms with Crippen molar-refractivity contribution in [1.82, 2.24) is 4.57 Å². The van der Waals surface area contributed by atoms with Gasteiger partial charge in [0, 0.05) is 11.1 Å². The Bertz CT molecular complexity index is 1230. The molecule has 0 radical (unpaired) electrons. The van der Waals surface area contributed by atoms with E-state index in [1.54, 1.807) is 0 Å². The highest BCUT2D eigenvalue weighted by Gasteiger charge is 2.34. The Kier molecular flexibility index (Phi) is 5.08. The van der Waals surface area contributed by atoms with Gasteiger partial charge in [-0.05, 0) is 41.5 Å². The molecule has 3 aromatic carbocycles. The first-order valence-corrected chi connectivity index (χ1v) is 11.2. The van der Waals surface area contributed by atoms with Gasteiger partial charge in [0.25, 0.3) is 5.82 Å². The highest BCUT2D eigenvalue weighted by molar-refractivity contribution is 5.81. The fraction of sp³-hybridized carbons (Fsp3) is 0.345. The predicted octanol–water partition coefficient (Wildman–Crippen LogP) is 7.03. The monoisotopic (exact) mass is 411 g/mol. The van der Waals surface area contributed by atoms with Crippen molar-refractivity contribution in [3.8, 4) is 17.1 Å². The van der Waals surface area contributed by atoms with Gasteiger partial charge in [0.15, 0.2) is 11.0 Å². The Morgan fingerprint density at radius 3 is 1.81 bits per heavy atom. The summed E-state index contributed by atoms with van der Waals surface area (Å²) >= 11 is 0. The third-order valence-corrected chi connectivity index (χ3v) is 6.28. The lowest BCUT2D eigenvalue weighted by molar-refractivity contribution is -0.633. The molecule has 0 aliphatic rings. The van der Waals surface area contributed by atoms with Gasteiger partial charge in [0.1, 0.15) is 5.69 Å². The molecule has 4 rings (SSSR count). The van der Waals surface area contributed by atoms with Crippen molar-refractivity contribution in [2.45, 2.75) is 59.3 Å². The number of rotatable bonds is 2. The molecular weight excluding hydrogens is 376 g/mol. The van der Waals surface area contributed by atoms with Crippen LogP contribution in [0.2, 0.25) is 0 Å². The summed E-state index contributed by atoms with van der Waals surface area (Å²) in [4.78, 5) is 0. The lowest BCUT2D eigenvalue weighted by Crippen LogP contribution is -2.31. The number of fused-ring (bicyclic) bond motifs is 1. The number of nitrogens with zero attached hydrogens (tertiary/aromatic N) is 2. The molecule has 0 spiro atoms. The maximum atomic E-state index is 2.51. The highest BCUT2D eigenvalue weighted by Crippen LogP contribution is 2.40. The van der Waals surface area contributed by atoms with E-state index in [0.717, 1.165) is 0 Å². The Morgan fingerprint density at radius 2 is 1.23 bits per heavy atom. The van der Waals surface area contributed by atoms with E-state index in [1.807, 2.05) is 0 Å². The van der Waals surface area contributed by atoms with E-state index in [2.05, 4.69) is 131 Å². The summed E-state index contributed by atoms with van der Waals surface area (Å²) in [5, 5.41) is 0. The van der Waals surface area contributed by atoms with Crippen molar-refractivity contribution in [2.75, 3.05) is 0 Å². The van der Waals surface area contributed by atoms with Crippen LogP contribution in [0, 0.1) is 6.92 Å². The summed E-state index contributed by atoms with van der Waals surface area (Å²) in [6.07, 6.45) is 0. The Hall–Kier alpha value is -2.87. The van der Waals surface area contributed by atoms with E-state index in [1.165, 1.54) is 44.8 Å². The zero-order valence-corrected chi connectivity index (χ0v) is 20.2. The van der Waals surface area contributed by atoms with Crippen molar-refractivity contribution < 1.29 is 4.57 Å². The number of imidazole rings is 1. The molecule has 160 valence electrons. The second-order valence-electron chi connectivity index (χ2n) is 10.7. The van der Waals surface area contributed by atoms with Crippen LogP contribution in [0.3, 0.4) is 0 Å². The molecule has 0 fully saturated rings. The molecule has 0 bridgehead atoms. The van der Waals surface area contributed by atoms with Gasteiger partial charge >= 0.3 is 0 Å². The van der Waals surface area contributed by atoms with E-state index in [0.29, 0.717) is 0 Å². The first kappa shape index (κ1) is 21.4. The molecule has 0 aliphatic carbocycles. The molecule has 0 aliphatic heterocycles. The summed E-state index contributed by atoms with van der Waals surface area (Å²) in [6.45, 7) is 16.1. The summed E-state index contributed by atoms with van der Waals surface area (Å²) < 4.78 is 4.86. The third-order valence-electron chi connectivity index (χ3n) is 6.28. The van der Waals surface area contributed by atoms with Crippen LogP contribution in [0.15, 0.2) is 66.7 Å². The van der Waals surface area contributed by atoms with Crippen LogP contribution in [0.25, 0.3) is 28.1 Å². The standard InChI is InChI=1S/C29H35N2/c1-20-14-9-10-15-21(20)27-30(8)24-18-11-12-19-25(24)31(27)26-22(28(2,3)4)16-13-17-23(26)29(5,6)7/h9-19H,1-8H3/q+1. The maximum Gasteiger partial charge on any atom is 0.295 e. The molecule has 0 N–H and O–H groups in total. The zero-order valence-electron chi connectivity index (χ0n) is 20.2. The fourth-order valence-corrected chi connectivity index (χ4v) is 4.66. The Balaban J connectivity index is 2.26. The average molecular weight is 412 g/mol. The second-order valence-corrected chi connectivity index (χ2v) is 10.7. The third kappa shape index (κ3) is 3.59. The summed E-state index contributed by atoms with van der Waals surface area (Å²) in [5.41, 5.74) is 9.13. The largest absolute Gasteiger partial charge is 0.295 e. The van der Waals surface area contributed by atoms with Crippen molar-refractivity contribution in [3.05, 3.63) is 83.4 Å². The van der Waals surface area contributed by atoms with Gasteiger partial charge in [-0.1, -0.05) is 90.1 Å². The maximum absolute atomic E-state index is 2.51. The van der Waals surface area contributed by atoms with Crippen LogP contribution in [0.5, 0.6) is 0 Å². The molecule has 0 saturated heterocycles. The molecule has 0 atom stereocenters. The minimum atomic E-state index is 0.0174. The van der Waals surface area contributed by atoms with Crippen molar-refractivity contribution in [3.63, 3.8) is 0 Å². The van der Waals surface area contributed by atoms with Gasteiger partial charge in [0.2, 0.25) is 0 Å². The van der Waals surface area contributed by atoms with E-state index < -0.39 is 0 Å². The number of benzene rings is 3. The molecule has 31 heavy (non-hydrogen) atoms. The molecule has 2 heteroatoms. The minimum absolute atomic E-state index is 0.0174. The van der Waals surface area contributed by atoms with Gasteiger partial charge in [-0.2, -0.15) is 4.57 Å². The van der Waals surface area contributed by atoms with Crippen LogP contribution in [0.1, 0.15) is 58.2 Å². The first-order chi connectivity index (χ1) is 14.5. The number of hydrogen-bond donors (Lipinski definition) is 0. The normalized spacial score (nSPS) is 12.5. The predicted molar refractivity (Wildman–Crippen MR) is 132 cm³/mol. The minimum Gasteiger partial charge on any atom is -0.225 e. The van der Waals surface area contributed by atoms with Crippen molar-refractivity contribution in [2.24, 2.45) is 7.05 Å². The summed E-state index contributed by atoms with van der Waals surface area (Å²) in [5.74, 6) is 1.22. The van der Waals surface area contributed by atoms with Crippen LogP contribution >= 0.6 is 0 Å². The second kappa shape index (κ2) is 7.37. The van der Waals surface area contributed by atoms with E-state index in [-0.39, 0.29) is 10.8 Å². The van der Waals surface area contributed by atoms with Crippen LogP contribution < -0.4 is 4.57 Å². The molecule has 0 amide bonds. The zero-order chi connectivity index (χ0) is 22.6. The molecular formula is C29H35N2+. The van der Waals surface area contributed by atoms with Crippen LogP contribution in [-0.4, -0.2) is 4.57 Å². The van der Waals surface area contributed by atoms with Gasteiger partial charge in [-0.15, -0.1) is 0 Å². The van der Waals surface area contributed by atoms with E-state index in [4.69, 9.17) is 0 Å². The van der Waals surface area contributed by atoms with Crippen molar-refractivity contribution >= 4 is 11.0 Å². The number of hydrogen-bond acceptors (Lipinski definition) is 0. The van der Waals surface area contributed by atoms with E-state index in [9.17, 15) is 0 Å². The highest BCUT2D eigenvalue weighted by atomic mass is 15.2.